The molecule has 0 rings (SSSR count). The predicted molar refractivity (Wildman–Crippen MR) is 65.8 cm³/mol. The van der Waals surface area contributed by atoms with Gasteiger partial charge in [0.25, 0.3) is 0 Å². The normalized spacial score (nSPS) is 14.7. The fourth-order valence-electron chi connectivity index (χ4n) is 0.460. The zero-order valence-corrected chi connectivity index (χ0v) is 11.4. The Morgan fingerprint density at radius 1 is 1.54 bits per heavy atom. The van der Waals surface area contributed by atoms with E-state index in [0.29, 0.717) is 11.9 Å². The molecule has 1 unspecified atom stereocenters. The Morgan fingerprint density at radius 3 is 2.15 bits per heavy atom. The van der Waals surface area contributed by atoms with Crippen LogP contribution < -0.4 is 5.32 Å². The minimum atomic E-state index is -2.50. The van der Waals surface area contributed by atoms with Crippen molar-refractivity contribution in [2.24, 2.45) is 0 Å². The molecule has 1 atom stereocenters. The molecule has 0 aromatic rings. The molecule has 82 valence electrons. The van der Waals surface area contributed by atoms with Gasteiger partial charge in [0.15, 0.2) is 0 Å². The van der Waals surface area contributed by atoms with E-state index in [1.807, 2.05) is 34.9 Å². The van der Waals surface area contributed by atoms with Gasteiger partial charge in [-0.1, -0.05) is 25.2 Å². The molecule has 0 saturated carbocycles. The van der Waals surface area contributed by atoms with Crippen molar-refractivity contribution in [3.05, 3.63) is 0 Å². The molecule has 2 N–H and O–H groups in total. The van der Waals surface area contributed by atoms with Crippen molar-refractivity contribution in [2.75, 3.05) is 20.7 Å². The fourth-order valence-corrected chi connectivity index (χ4v) is 5.34. The first-order valence-corrected chi connectivity index (χ1v) is 8.29. The highest BCUT2D eigenvalue weighted by atomic mass is 32.9. The van der Waals surface area contributed by atoms with Crippen LogP contribution in [0.3, 0.4) is 0 Å². The van der Waals surface area contributed by atoms with Crippen LogP contribution in [-0.2, 0) is 16.3 Å². The largest absolute Gasteiger partial charge is 0.337 e. The molecule has 0 aliphatic carbocycles. The number of hydrogen-bond donors (Lipinski definition) is 2. The van der Waals surface area contributed by atoms with E-state index in [-0.39, 0.29) is 0 Å². The van der Waals surface area contributed by atoms with Crippen molar-refractivity contribution in [1.82, 2.24) is 5.32 Å². The van der Waals surface area contributed by atoms with Crippen LogP contribution in [0.1, 0.15) is 20.8 Å². The molecule has 0 spiro atoms. The highest BCUT2D eigenvalue weighted by Gasteiger charge is 2.14. The quantitative estimate of drug-likeness (QED) is 0.743. The van der Waals surface area contributed by atoms with E-state index in [9.17, 15) is 4.89 Å². The number of hydrogen-bond acceptors (Lipinski definition) is 4. The average molecular weight is 245 g/mol. The van der Waals surface area contributed by atoms with Crippen LogP contribution in [0, 0.1) is 0 Å². The molecule has 0 radical (unpaired) electrons. The summed E-state index contributed by atoms with van der Waals surface area (Å²) in [6.45, 7) is 6.30. The van der Waals surface area contributed by atoms with Crippen LogP contribution in [0.15, 0.2) is 0 Å². The van der Waals surface area contributed by atoms with E-state index in [4.69, 9.17) is 16.3 Å². The van der Waals surface area contributed by atoms with Gasteiger partial charge in [-0.2, -0.15) is 0 Å². The summed E-state index contributed by atoms with van der Waals surface area (Å²) in [5, 5.41) is 3.09. The molecule has 0 heterocycles. The molecular weight excluding hydrogens is 225 g/mol. The maximum absolute atomic E-state index is 9.35. The second kappa shape index (κ2) is 9.44. The second-order valence-electron chi connectivity index (χ2n) is 2.54. The molecular formula is C7H20NO2PS2. The molecule has 0 amide bonds. The molecule has 3 nitrogen and oxygen atoms in total. The summed E-state index contributed by atoms with van der Waals surface area (Å²) in [5.41, 5.74) is -2.50. The monoisotopic (exact) mass is 245 g/mol. The van der Waals surface area contributed by atoms with Gasteiger partial charge in [0, 0.05) is 5.25 Å². The lowest BCUT2D eigenvalue weighted by molar-refractivity contribution is 0.340. The molecule has 0 aromatic carbocycles. The summed E-state index contributed by atoms with van der Waals surface area (Å²) >= 11 is 6.17. The van der Waals surface area contributed by atoms with E-state index < -0.39 is 5.69 Å². The molecule has 0 bridgehead atoms. The van der Waals surface area contributed by atoms with Crippen LogP contribution in [-0.4, -0.2) is 30.8 Å². The van der Waals surface area contributed by atoms with Crippen LogP contribution in [0.25, 0.3) is 0 Å². The Hall–Kier alpha value is 0.880. The third kappa shape index (κ3) is 15.6. The Kier molecular flexibility index (Phi) is 11.8. The van der Waals surface area contributed by atoms with Gasteiger partial charge < -0.3 is 14.7 Å². The maximum atomic E-state index is 9.35. The summed E-state index contributed by atoms with van der Waals surface area (Å²) in [6, 6.07) is 0. The third-order valence-electron chi connectivity index (χ3n) is 0.636. The summed E-state index contributed by atoms with van der Waals surface area (Å²) in [6.07, 6.45) is 0. The molecule has 13 heavy (non-hydrogen) atoms. The van der Waals surface area contributed by atoms with Crippen LogP contribution in [0.4, 0.5) is 0 Å². The Bertz CT molecular complexity index is 155. The third-order valence-corrected chi connectivity index (χ3v) is 5.38. The van der Waals surface area contributed by atoms with Gasteiger partial charge in [-0.15, -0.1) is 0 Å². The molecule has 0 saturated heterocycles. The van der Waals surface area contributed by atoms with Gasteiger partial charge in [-0.05, 0) is 32.8 Å². The lowest BCUT2D eigenvalue weighted by Crippen LogP contribution is -1.90. The molecule has 0 aliphatic rings. The van der Waals surface area contributed by atoms with Crippen LogP contribution in [0.2, 0.25) is 0 Å². The molecule has 0 fully saturated rings. The van der Waals surface area contributed by atoms with Gasteiger partial charge in [-0.3, -0.25) is 0 Å². The first kappa shape index (κ1) is 16.3. The summed E-state index contributed by atoms with van der Waals surface area (Å²) < 4.78 is 4.98. The van der Waals surface area contributed by atoms with Gasteiger partial charge in [0.1, 0.15) is 0 Å². The molecule has 0 aliphatic heterocycles. The van der Waals surface area contributed by atoms with E-state index >= 15 is 0 Å². The Labute approximate surface area is 90.6 Å². The van der Waals surface area contributed by atoms with E-state index in [0.717, 1.165) is 0 Å². The smallest absolute Gasteiger partial charge is 0.244 e. The van der Waals surface area contributed by atoms with Crippen LogP contribution in [0.5, 0.6) is 0 Å². The highest BCUT2D eigenvalue weighted by molar-refractivity contribution is 8.67. The highest BCUT2D eigenvalue weighted by Crippen LogP contribution is 2.57. The minimum Gasteiger partial charge on any atom is -0.337 e. The minimum absolute atomic E-state index is 0.336. The number of rotatable bonds is 4. The second-order valence-corrected chi connectivity index (χ2v) is 9.18. The topological polar surface area (TPSA) is 41.5 Å². The van der Waals surface area contributed by atoms with Crippen molar-refractivity contribution >= 4 is 28.9 Å². The number of nitrogens with one attached hydrogen (secondary N) is 1. The lowest BCUT2D eigenvalue weighted by atomic mass is 10.6. The van der Waals surface area contributed by atoms with Crippen molar-refractivity contribution in [1.29, 1.82) is 0 Å². The fraction of sp³-hybridized carbons (Fsp3) is 1.00. The van der Waals surface area contributed by atoms with Gasteiger partial charge in [0.05, 0.1) is 6.61 Å². The first-order chi connectivity index (χ1) is 5.89. The predicted octanol–water partition coefficient (Wildman–Crippen LogP) is 2.22. The van der Waals surface area contributed by atoms with Gasteiger partial charge >= 0.3 is 0 Å². The van der Waals surface area contributed by atoms with Gasteiger partial charge in [-0.25, -0.2) is 0 Å². The standard InChI is InChI=1S/C5H13O2PS2.C2H7N/c1-4-7-8(6,9)10-5(2)3;1-3-2/h5H,4H2,1-3H3,(H,6,9);3H,1-2H3. The molecule has 6 heteroatoms. The average Bonchev–Trinajstić information content (AvgIpc) is 1.84. The zero-order valence-electron chi connectivity index (χ0n) is 8.90. The maximum Gasteiger partial charge on any atom is 0.244 e. The van der Waals surface area contributed by atoms with Crippen LogP contribution >= 0.6 is 17.1 Å². The Morgan fingerprint density at radius 2 is 1.92 bits per heavy atom. The van der Waals surface area contributed by atoms with Crippen molar-refractivity contribution in [3.63, 3.8) is 0 Å². The van der Waals surface area contributed by atoms with Crippen molar-refractivity contribution in [2.45, 2.75) is 26.0 Å². The zero-order chi connectivity index (χ0) is 10.9. The first-order valence-electron chi connectivity index (χ1n) is 4.13. The van der Waals surface area contributed by atoms with E-state index in [1.165, 1.54) is 11.4 Å². The van der Waals surface area contributed by atoms with Crippen molar-refractivity contribution < 1.29 is 9.42 Å². The summed E-state index contributed by atoms with van der Waals surface area (Å²) in [5.74, 6) is 0. The SMILES string of the molecule is CCOP(O)(=S)SC(C)C.CNC. The Balaban J connectivity index is 0. The summed E-state index contributed by atoms with van der Waals surface area (Å²) in [4.78, 5) is 9.35. The van der Waals surface area contributed by atoms with Crippen molar-refractivity contribution in [3.8, 4) is 0 Å². The van der Waals surface area contributed by atoms with E-state index in [1.54, 1.807) is 0 Å². The summed E-state index contributed by atoms with van der Waals surface area (Å²) in [7, 11) is 3.75. The van der Waals surface area contributed by atoms with Gasteiger partial charge in [0.2, 0.25) is 5.69 Å². The molecule has 0 aromatic heterocycles. The van der Waals surface area contributed by atoms with E-state index in [2.05, 4.69) is 5.32 Å². The lowest BCUT2D eigenvalue weighted by Gasteiger charge is -2.15.